The number of nitrogens with zero attached hydrogens (tertiary/aromatic N) is 3. The van der Waals surface area contributed by atoms with Gasteiger partial charge in [0.05, 0.1) is 6.10 Å². The molecule has 0 aliphatic carbocycles. The van der Waals surface area contributed by atoms with Crippen LogP contribution in [-0.2, 0) is 7.05 Å². The molecule has 0 unspecified atom stereocenters. The number of aromatic nitrogens is 3. The van der Waals surface area contributed by atoms with Gasteiger partial charge in [-0.3, -0.25) is 0 Å². The summed E-state index contributed by atoms with van der Waals surface area (Å²) in [5.41, 5.74) is 0. The molecule has 0 fully saturated rings. The van der Waals surface area contributed by atoms with E-state index >= 15 is 0 Å². The Morgan fingerprint density at radius 1 is 1.62 bits per heavy atom. The van der Waals surface area contributed by atoms with Crippen molar-refractivity contribution < 1.29 is 5.11 Å². The molecule has 4 nitrogen and oxygen atoms in total. The predicted molar refractivity (Wildman–Crippen MR) is 53.2 cm³/mol. The van der Waals surface area contributed by atoms with Crippen LogP contribution in [0.4, 0.5) is 0 Å². The van der Waals surface area contributed by atoms with E-state index in [1.54, 1.807) is 0 Å². The summed E-state index contributed by atoms with van der Waals surface area (Å²) in [7, 11) is 1.89. The minimum absolute atomic E-state index is 0.254. The summed E-state index contributed by atoms with van der Waals surface area (Å²) in [6.45, 7) is 1.88. The van der Waals surface area contributed by atoms with E-state index in [2.05, 4.69) is 10.2 Å². The first kappa shape index (κ1) is 10.8. The second-order valence-corrected chi connectivity index (χ2v) is 4.00. The molecule has 74 valence electrons. The summed E-state index contributed by atoms with van der Waals surface area (Å²) in [5.74, 6) is 1.67. The van der Waals surface area contributed by atoms with Gasteiger partial charge in [0, 0.05) is 18.7 Å². The zero-order valence-electron chi connectivity index (χ0n) is 7.57. The van der Waals surface area contributed by atoms with Gasteiger partial charge in [-0.2, -0.15) is 0 Å². The van der Waals surface area contributed by atoms with Gasteiger partial charge in [0.25, 0.3) is 0 Å². The zero-order chi connectivity index (χ0) is 9.84. The fraction of sp³-hybridized carbons (Fsp3) is 0.714. The van der Waals surface area contributed by atoms with E-state index in [1.807, 2.05) is 18.5 Å². The van der Waals surface area contributed by atoms with E-state index in [1.165, 1.54) is 11.8 Å². The van der Waals surface area contributed by atoms with Crippen LogP contribution in [0.1, 0.15) is 5.82 Å². The number of thioether (sulfide) groups is 1. The van der Waals surface area contributed by atoms with Crippen LogP contribution < -0.4 is 0 Å². The number of rotatable bonds is 4. The molecule has 13 heavy (non-hydrogen) atoms. The van der Waals surface area contributed by atoms with Gasteiger partial charge >= 0.3 is 0 Å². The summed E-state index contributed by atoms with van der Waals surface area (Å²) in [5, 5.41) is 17.9. The Morgan fingerprint density at radius 3 is 2.77 bits per heavy atom. The van der Waals surface area contributed by atoms with Crippen LogP contribution in [0.3, 0.4) is 0 Å². The minimum atomic E-state index is -0.483. The van der Waals surface area contributed by atoms with Crippen LogP contribution >= 0.6 is 23.4 Å². The zero-order valence-corrected chi connectivity index (χ0v) is 9.14. The molecule has 0 radical (unpaired) electrons. The second kappa shape index (κ2) is 4.83. The molecule has 6 heteroatoms. The molecule has 0 aromatic carbocycles. The summed E-state index contributed by atoms with van der Waals surface area (Å²) in [6, 6.07) is 0. The minimum Gasteiger partial charge on any atom is -0.391 e. The molecule has 1 aromatic rings. The molecule has 1 rings (SSSR count). The monoisotopic (exact) mass is 221 g/mol. The molecule has 1 atom stereocenters. The standard InChI is InChI=1S/C7H12ClN3OS/c1-5-9-10-7(11(5)2)13-4-6(12)3-8/h6,12H,3-4H2,1-2H3/t6-/m1/s1. The molecule has 0 saturated heterocycles. The number of aryl methyl sites for hydroxylation is 1. The highest BCUT2D eigenvalue weighted by Gasteiger charge is 2.08. The van der Waals surface area contributed by atoms with Gasteiger partial charge in [0.15, 0.2) is 5.16 Å². The summed E-state index contributed by atoms with van der Waals surface area (Å²) >= 11 is 6.91. The van der Waals surface area contributed by atoms with E-state index < -0.39 is 6.10 Å². The Hall–Kier alpha value is -0.260. The van der Waals surface area contributed by atoms with E-state index in [9.17, 15) is 5.11 Å². The smallest absolute Gasteiger partial charge is 0.191 e. The van der Waals surface area contributed by atoms with Crippen LogP contribution in [0.5, 0.6) is 0 Å². The maximum Gasteiger partial charge on any atom is 0.191 e. The molecule has 0 bridgehead atoms. The molecule has 1 N–H and O–H groups in total. The van der Waals surface area contributed by atoms with Crippen LogP contribution in [0, 0.1) is 6.92 Å². The SMILES string of the molecule is Cc1nnc(SC[C@H](O)CCl)n1C. The van der Waals surface area contributed by atoms with Crippen molar-refractivity contribution in [2.75, 3.05) is 11.6 Å². The average molecular weight is 222 g/mol. The molecule has 0 aliphatic rings. The van der Waals surface area contributed by atoms with Crippen LogP contribution in [0.2, 0.25) is 0 Å². The topological polar surface area (TPSA) is 50.9 Å². The molecular formula is C7H12ClN3OS. The van der Waals surface area contributed by atoms with Crippen molar-refractivity contribution in [1.29, 1.82) is 0 Å². The molecule has 0 aliphatic heterocycles. The predicted octanol–water partition coefficient (Wildman–Crippen LogP) is 0.815. The highest BCUT2D eigenvalue weighted by molar-refractivity contribution is 7.99. The third-order valence-corrected chi connectivity index (χ3v) is 3.16. The lowest BCUT2D eigenvalue weighted by Gasteiger charge is -2.04. The Morgan fingerprint density at radius 2 is 2.31 bits per heavy atom. The first-order valence-electron chi connectivity index (χ1n) is 3.88. The third kappa shape index (κ3) is 2.86. The van der Waals surface area contributed by atoms with Gasteiger partial charge in [0.1, 0.15) is 5.82 Å². The Balaban J connectivity index is 2.50. The van der Waals surface area contributed by atoms with Crippen molar-refractivity contribution in [3.8, 4) is 0 Å². The van der Waals surface area contributed by atoms with E-state index in [4.69, 9.17) is 11.6 Å². The number of aliphatic hydroxyl groups is 1. The first-order chi connectivity index (χ1) is 6.15. The molecule has 0 spiro atoms. The quantitative estimate of drug-likeness (QED) is 0.604. The maximum atomic E-state index is 9.21. The third-order valence-electron chi connectivity index (χ3n) is 1.64. The number of halogens is 1. The summed E-state index contributed by atoms with van der Waals surface area (Å²) in [6.07, 6.45) is -0.483. The molecule has 1 aromatic heterocycles. The lowest BCUT2D eigenvalue weighted by atomic mass is 10.5. The van der Waals surface area contributed by atoms with Crippen molar-refractivity contribution in [2.24, 2.45) is 7.05 Å². The van der Waals surface area contributed by atoms with Crippen LogP contribution in [0.25, 0.3) is 0 Å². The average Bonchev–Trinajstić information content (AvgIpc) is 2.44. The van der Waals surface area contributed by atoms with Gasteiger partial charge in [-0.05, 0) is 6.92 Å². The lowest BCUT2D eigenvalue weighted by molar-refractivity contribution is 0.223. The number of hydrogen-bond acceptors (Lipinski definition) is 4. The van der Waals surface area contributed by atoms with Gasteiger partial charge < -0.3 is 9.67 Å². The van der Waals surface area contributed by atoms with E-state index in [0.29, 0.717) is 5.75 Å². The Labute approximate surface area is 86.3 Å². The van der Waals surface area contributed by atoms with Crippen molar-refractivity contribution >= 4 is 23.4 Å². The highest BCUT2D eigenvalue weighted by atomic mass is 35.5. The lowest BCUT2D eigenvalue weighted by Crippen LogP contribution is -2.11. The van der Waals surface area contributed by atoms with Gasteiger partial charge in [-0.1, -0.05) is 11.8 Å². The second-order valence-electron chi connectivity index (χ2n) is 2.71. The number of hydrogen-bond donors (Lipinski definition) is 1. The number of alkyl halides is 1. The fourth-order valence-electron chi connectivity index (χ4n) is 0.729. The van der Waals surface area contributed by atoms with Crippen molar-refractivity contribution in [2.45, 2.75) is 18.2 Å². The molecule has 1 heterocycles. The van der Waals surface area contributed by atoms with Crippen molar-refractivity contribution in [3.63, 3.8) is 0 Å². The van der Waals surface area contributed by atoms with E-state index in [-0.39, 0.29) is 5.88 Å². The maximum absolute atomic E-state index is 9.21. The van der Waals surface area contributed by atoms with Crippen molar-refractivity contribution in [1.82, 2.24) is 14.8 Å². The first-order valence-corrected chi connectivity index (χ1v) is 5.40. The van der Waals surface area contributed by atoms with Gasteiger partial charge in [-0.25, -0.2) is 0 Å². The largest absolute Gasteiger partial charge is 0.391 e. The van der Waals surface area contributed by atoms with E-state index in [0.717, 1.165) is 11.0 Å². The molecule has 0 saturated carbocycles. The Kier molecular flexibility index (Phi) is 4.02. The molecular weight excluding hydrogens is 210 g/mol. The summed E-state index contributed by atoms with van der Waals surface area (Å²) in [4.78, 5) is 0. The fourth-order valence-corrected chi connectivity index (χ4v) is 1.85. The molecule has 0 amide bonds. The van der Waals surface area contributed by atoms with Gasteiger partial charge in [-0.15, -0.1) is 21.8 Å². The van der Waals surface area contributed by atoms with Crippen molar-refractivity contribution in [3.05, 3.63) is 5.82 Å². The summed E-state index contributed by atoms with van der Waals surface area (Å²) < 4.78 is 1.88. The van der Waals surface area contributed by atoms with Crippen LogP contribution in [-0.4, -0.2) is 37.6 Å². The normalized spacial score (nSPS) is 13.2. The highest BCUT2D eigenvalue weighted by Crippen LogP contribution is 2.16. The number of aliphatic hydroxyl groups excluding tert-OH is 1. The van der Waals surface area contributed by atoms with Crippen LogP contribution in [0.15, 0.2) is 5.16 Å². The Bertz CT molecular complexity index is 279. The van der Waals surface area contributed by atoms with Gasteiger partial charge in [0.2, 0.25) is 0 Å².